The molecule has 26 heavy (non-hydrogen) atoms. The van der Waals surface area contributed by atoms with Gasteiger partial charge in [-0.25, -0.2) is 4.79 Å². The maximum atomic E-state index is 12.3. The number of hydrogen-bond donors (Lipinski definition) is 0. The molecule has 1 aliphatic rings. The third kappa shape index (κ3) is 3.34. The molecule has 8 nitrogen and oxygen atoms in total. The van der Waals surface area contributed by atoms with Crippen molar-refractivity contribution in [2.45, 2.75) is 13.8 Å². The quantitative estimate of drug-likeness (QED) is 0.350. The summed E-state index contributed by atoms with van der Waals surface area (Å²) in [4.78, 5) is 35.1. The number of ketones is 1. The van der Waals surface area contributed by atoms with Crippen molar-refractivity contribution >= 4 is 17.4 Å². The number of carbonyl (C=O) groups is 2. The summed E-state index contributed by atoms with van der Waals surface area (Å²) in [5, 5.41) is 11.2. The Bertz CT molecular complexity index is 920. The Morgan fingerprint density at radius 1 is 1.12 bits per heavy atom. The lowest BCUT2D eigenvalue weighted by Crippen LogP contribution is -2.16. The highest BCUT2D eigenvalue weighted by atomic mass is 16.7. The fourth-order valence-corrected chi connectivity index (χ4v) is 2.57. The smallest absolute Gasteiger partial charge is 0.345 e. The van der Waals surface area contributed by atoms with Gasteiger partial charge in [0, 0.05) is 11.6 Å². The molecule has 0 N–H and O–H groups in total. The van der Waals surface area contributed by atoms with Gasteiger partial charge < -0.3 is 14.2 Å². The number of Topliss-reactive ketones (excluding diaryl/α,β-unsaturated/α-hetero) is 1. The second-order valence-electron chi connectivity index (χ2n) is 5.80. The minimum atomic E-state index is -0.978. The summed E-state index contributed by atoms with van der Waals surface area (Å²) in [5.74, 6) is -0.972. The lowest BCUT2D eigenvalue weighted by atomic mass is 10.0. The maximum absolute atomic E-state index is 12.3. The second-order valence-corrected chi connectivity index (χ2v) is 5.80. The number of carbonyl (C=O) groups excluding carboxylic acids is 2. The number of ether oxygens (including phenoxy) is 3. The normalized spacial score (nSPS) is 11.9. The number of aryl methyl sites for hydroxylation is 2. The highest BCUT2D eigenvalue weighted by Crippen LogP contribution is 2.38. The molecule has 0 saturated heterocycles. The molecule has 3 rings (SSSR count). The van der Waals surface area contributed by atoms with Gasteiger partial charge in [0.15, 0.2) is 18.1 Å². The van der Waals surface area contributed by atoms with Crippen LogP contribution in [0.2, 0.25) is 0 Å². The zero-order valence-electron chi connectivity index (χ0n) is 14.1. The van der Waals surface area contributed by atoms with Gasteiger partial charge in [-0.2, -0.15) is 0 Å². The minimum absolute atomic E-state index is 0.0872. The molecule has 0 aromatic heterocycles. The average molecular weight is 357 g/mol. The van der Waals surface area contributed by atoms with E-state index in [0.717, 1.165) is 17.2 Å². The van der Waals surface area contributed by atoms with E-state index in [1.54, 1.807) is 19.1 Å². The molecule has 2 aromatic carbocycles. The fraction of sp³-hybridized carbons (Fsp3) is 0.222. The van der Waals surface area contributed by atoms with Crippen LogP contribution in [0.3, 0.4) is 0 Å². The van der Waals surface area contributed by atoms with Crippen LogP contribution in [-0.2, 0) is 4.74 Å². The zero-order valence-corrected chi connectivity index (χ0v) is 14.1. The number of hydrogen-bond acceptors (Lipinski definition) is 7. The fourth-order valence-electron chi connectivity index (χ4n) is 2.57. The van der Waals surface area contributed by atoms with Crippen LogP contribution >= 0.6 is 0 Å². The van der Waals surface area contributed by atoms with Gasteiger partial charge in [-0.3, -0.25) is 14.9 Å². The molecule has 1 heterocycles. The van der Waals surface area contributed by atoms with Crippen LogP contribution in [0.1, 0.15) is 31.8 Å². The summed E-state index contributed by atoms with van der Waals surface area (Å²) in [6.07, 6.45) is 0. The van der Waals surface area contributed by atoms with Gasteiger partial charge in [0.2, 0.25) is 12.6 Å². The molecule has 0 spiro atoms. The van der Waals surface area contributed by atoms with Gasteiger partial charge in [0.1, 0.15) is 5.56 Å². The molecule has 0 fully saturated rings. The SMILES string of the molecule is Cc1ccc(C)c(C(=O)COC(=O)c2cc3c(cc2[N+](=O)[O-])OCO3)c1. The van der Waals surface area contributed by atoms with Crippen LogP contribution in [0.15, 0.2) is 30.3 Å². The Balaban J connectivity index is 1.79. The van der Waals surface area contributed by atoms with Crippen LogP contribution < -0.4 is 9.47 Å². The van der Waals surface area contributed by atoms with Gasteiger partial charge in [-0.1, -0.05) is 17.7 Å². The first-order valence-electron chi connectivity index (χ1n) is 7.72. The van der Waals surface area contributed by atoms with Crippen molar-refractivity contribution in [2.75, 3.05) is 13.4 Å². The Hall–Kier alpha value is -3.42. The molecule has 0 saturated carbocycles. The number of nitro groups is 1. The Morgan fingerprint density at radius 3 is 2.50 bits per heavy atom. The largest absolute Gasteiger partial charge is 0.454 e. The Kier molecular flexibility index (Phi) is 4.57. The summed E-state index contributed by atoms with van der Waals surface area (Å²) < 4.78 is 15.2. The lowest BCUT2D eigenvalue weighted by molar-refractivity contribution is -0.385. The van der Waals surface area contributed by atoms with Gasteiger partial charge in [0.05, 0.1) is 11.0 Å². The number of nitro benzene ring substituents is 1. The lowest BCUT2D eigenvalue weighted by Gasteiger charge is -2.08. The van der Waals surface area contributed by atoms with Crippen molar-refractivity contribution in [3.8, 4) is 11.5 Å². The van der Waals surface area contributed by atoms with E-state index in [-0.39, 0.29) is 29.6 Å². The summed E-state index contributed by atoms with van der Waals surface area (Å²) in [6, 6.07) is 7.66. The molecule has 0 bridgehead atoms. The van der Waals surface area contributed by atoms with Gasteiger partial charge in [-0.05, 0) is 25.5 Å². The highest BCUT2D eigenvalue weighted by Gasteiger charge is 2.28. The minimum Gasteiger partial charge on any atom is -0.454 e. The van der Waals surface area contributed by atoms with E-state index in [1.165, 1.54) is 6.07 Å². The van der Waals surface area contributed by atoms with Crippen LogP contribution in [0.25, 0.3) is 0 Å². The van der Waals surface area contributed by atoms with Crippen molar-refractivity contribution in [2.24, 2.45) is 0 Å². The van der Waals surface area contributed by atoms with Gasteiger partial charge in [-0.15, -0.1) is 0 Å². The van der Waals surface area contributed by atoms with E-state index in [1.807, 2.05) is 13.0 Å². The van der Waals surface area contributed by atoms with E-state index in [4.69, 9.17) is 14.2 Å². The van der Waals surface area contributed by atoms with E-state index < -0.39 is 23.2 Å². The van der Waals surface area contributed by atoms with Crippen molar-refractivity contribution in [1.29, 1.82) is 0 Å². The monoisotopic (exact) mass is 357 g/mol. The van der Waals surface area contributed by atoms with Crippen LogP contribution in [0.5, 0.6) is 11.5 Å². The predicted molar refractivity (Wildman–Crippen MR) is 89.7 cm³/mol. The molecule has 0 radical (unpaired) electrons. The third-order valence-corrected chi connectivity index (χ3v) is 3.94. The number of rotatable bonds is 5. The summed E-state index contributed by atoms with van der Waals surface area (Å²) in [7, 11) is 0. The van der Waals surface area contributed by atoms with E-state index in [0.29, 0.717) is 5.56 Å². The Morgan fingerprint density at radius 2 is 1.81 bits per heavy atom. The first-order valence-corrected chi connectivity index (χ1v) is 7.72. The van der Waals surface area contributed by atoms with E-state index in [2.05, 4.69) is 0 Å². The summed E-state index contributed by atoms with van der Waals surface area (Å²) in [5.41, 5.74) is 1.33. The predicted octanol–water partition coefficient (Wildman–Crippen LogP) is 2.98. The molecule has 2 aromatic rings. The van der Waals surface area contributed by atoms with Gasteiger partial charge in [0.25, 0.3) is 5.69 Å². The van der Waals surface area contributed by atoms with Crippen molar-refractivity contribution in [3.63, 3.8) is 0 Å². The number of esters is 1. The highest BCUT2D eigenvalue weighted by molar-refractivity contribution is 6.01. The number of fused-ring (bicyclic) bond motifs is 1. The molecular formula is C18H15NO7. The molecule has 134 valence electrons. The van der Waals surface area contributed by atoms with Crippen LogP contribution in [-0.4, -0.2) is 30.1 Å². The average Bonchev–Trinajstić information content (AvgIpc) is 3.07. The van der Waals surface area contributed by atoms with Crippen LogP contribution in [0.4, 0.5) is 5.69 Å². The molecule has 0 atom stereocenters. The summed E-state index contributed by atoms with van der Waals surface area (Å²) >= 11 is 0. The number of benzene rings is 2. The molecular weight excluding hydrogens is 342 g/mol. The molecule has 8 heteroatoms. The summed E-state index contributed by atoms with van der Waals surface area (Å²) in [6.45, 7) is 3.01. The second kappa shape index (κ2) is 6.83. The molecule has 0 unspecified atom stereocenters. The van der Waals surface area contributed by atoms with Crippen LogP contribution in [0, 0.1) is 24.0 Å². The third-order valence-electron chi connectivity index (χ3n) is 3.94. The zero-order chi connectivity index (χ0) is 18.8. The molecule has 0 aliphatic carbocycles. The maximum Gasteiger partial charge on any atom is 0.345 e. The topological polar surface area (TPSA) is 105 Å². The number of nitrogens with zero attached hydrogens (tertiary/aromatic N) is 1. The van der Waals surface area contributed by atoms with Crippen molar-refractivity contribution in [1.82, 2.24) is 0 Å². The standard InChI is InChI=1S/C18H15NO7/c1-10-3-4-11(2)12(5-10)15(20)8-24-18(21)13-6-16-17(26-9-25-16)7-14(13)19(22)23/h3-7H,8-9H2,1-2H3. The molecule has 0 amide bonds. The van der Waals surface area contributed by atoms with E-state index in [9.17, 15) is 19.7 Å². The Labute approximate surface area is 148 Å². The van der Waals surface area contributed by atoms with Crippen molar-refractivity contribution < 1.29 is 28.7 Å². The van der Waals surface area contributed by atoms with Crippen molar-refractivity contribution in [3.05, 3.63) is 62.7 Å². The van der Waals surface area contributed by atoms with E-state index >= 15 is 0 Å². The first-order chi connectivity index (χ1) is 12.4. The van der Waals surface area contributed by atoms with Gasteiger partial charge >= 0.3 is 5.97 Å². The molecule has 1 aliphatic heterocycles. The first kappa shape index (κ1) is 17.4.